The molecule has 4 nitrogen and oxygen atoms in total. The van der Waals surface area contributed by atoms with E-state index in [0.29, 0.717) is 17.8 Å². The molecule has 0 aromatic heterocycles. The van der Waals surface area contributed by atoms with Gasteiger partial charge in [0.15, 0.2) is 0 Å². The number of esters is 1. The fraction of sp³-hybridized carbons (Fsp3) is 0.304. The van der Waals surface area contributed by atoms with E-state index in [1.807, 2.05) is 69.3 Å². The van der Waals surface area contributed by atoms with Gasteiger partial charge in [-0.2, -0.15) is 0 Å². The number of rotatable bonds is 4. The highest BCUT2D eigenvalue weighted by Crippen LogP contribution is 2.37. The van der Waals surface area contributed by atoms with Crippen LogP contribution in [0.3, 0.4) is 0 Å². The zero-order valence-corrected chi connectivity index (χ0v) is 16.3. The van der Waals surface area contributed by atoms with Crippen LogP contribution in [0.1, 0.15) is 41.5 Å². The third kappa shape index (κ3) is 3.95. The molecule has 0 saturated heterocycles. The van der Waals surface area contributed by atoms with E-state index in [1.165, 1.54) is 12.7 Å². The summed E-state index contributed by atoms with van der Waals surface area (Å²) in [6, 6.07) is 16.0. The average molecular weight is 363 g/mol. The van der Waals surface area contributed by atoms with E-state index in [4.69, 9.17) is 4.74 Å². The summed E-state index contributed by atoms with van der Waals surface area (Å²) in [4.78, 5) is 27.2. The van der Waals surface area contributed by atoms with Crippen molar-refractivity contribution < 1.29 is 14.3 Å². The van der Waals surface area contributed by atoms with Gasteiger partial charge in [-0.3, -0.25) is 4.79 Å². The van der Waals surface area contributed by atoms with Crippen LogP contribution in [0.4, 0.5) is 0 Å². The van der Waals surface area contributed by atoms with E-state index in [9.17, 15) is 9.59 Å². The number of nitrogens with zero attached hydrogens (tertiary/aromatic N) is 1. The summed E-state index contributed by atoms with van der Waals surface area (Å²) >= 11 is 0. The quantitative estimate of drug-likeness (QED) is 0.762. The van der Waals surface area contributed by atoms with Crippen LogP contribution in [-0.2, 0) is 20.9 Å². The minimum atomic E-state index is -0.375. The zero-order chi connectivity index (χ0) is 19.6. The minimum Gasteiger partial charge on any atom is -0.466 e. The van der Waals surface area contributed by atoms with Gasteiger partial charge in [0, 0.05) is 18.0 Å². The molecule has 0 bridgehead atoms. The molecule has 1 aliphatic rings. The third-order valence-electron chi connectivity index (χ3n) is 5.13. The van der Waals surface area contributed by atoms with Crippen LogP contribution >= 0.6 is 0 Å². The van der Waals surface area contributed by atoms with Crippen LogP contribution in [0.5, 0.6) is 0 Å². The Hall–Kier alpha value is -2.88. The highest BCUT2D eigenvalue weighted by molar-refractivity contribution is 5.95. The molecular weight excluding hydrogens is 338 g/mol. The lowest BCUT2D eigenvalue weighted by molar-refractivity contribution is -0.138. The van der Waals surface area contributed by atoms with Crippen molar-refractivity contribution in [1.82, 2.24) is 4.90 Å². The summed E-state index contributed by atoms with van der Waals surface area (Å²) in [5.41, 5.74) is 5.51. The van der Waals surface area contributed by atoms with Crippen molar-refractivity contribution in [3.8, 4) is 0 Å². The number of hydrogen-bond donors (Lipinski definition) is 0. The zero-order valence-electron chi connectivity index (χ0n) is 16.3. The Bertz CT molecular complexity index is 896. The molecule has 0 aliphatic carbocycles. The van der Waals surface area contributed by atoms with Crippen LogP contribution in [0, 0.1) is 13.8 Å². The Labute approximate surface area is 160 Å². The number of allylic oxidation sites excluding steroid dienone is 1. The Balaban J connectivity index is 2.02. The van der Waals surface area contributed by atoms with Gasteiger partial charge in [0.05, 0.1) is 19.2 Å². The van der Waals surface area contributed by atoms with Gasteiger partial charge in [0.25, 0.3) is 0 Å². The van der Waals surface area contributed by atoms with Crippen molar-refractivity contribution in [2.45, 2.75) is 39.7 Å². The highest BCUT2D eigenvalue weighted by atomic mass is 16.5. The molecule has 1 atom stereocenters. The lowest BCUT2D eigenvalue weighted by Crippen LogP contribution is -2.37. The van der Waals surface area contributed by atoms with Crippen molar-refractivity contribution in [1.29, 1.82) is 0 Å². The molecular formula is C23H25NO3. The van der Waals surface area contributed by atoms with Crippen molar-refractivity contribution in [3.63, 3.8) is 0 Å². The highest BCUT2D eigenvalue weighted by Gasteiger charge is 2.36. The van der Waals surface area contributed by atoms with Crippen LogP contribution in [0.25, 0.3) is 0 Å². The normalized spacial score (nSPS) is 17.3. The fourth-order valence-corrected chi connectivity index (χ4v) is 3.63. The molecule has 3 rings (SSSR count). The molecule has 1 amide bonds. The topological polar surface area (TPSA) is 46.6 Å². The van der Waals surface area contributed by atoms with Gasteiger partial charge in [0.1, 0.15) is 0 Å². The van der Waals surface area contributed by atoms with Gasteiger partial charge in [-0.25, -0.2) is 4.79 Å². The van der Waals surface area contributed by atoms with Crippen molar-refractivity contribution in [3.05, 3.63) is 82.1 Å². The van der Waals surface area contributed by atoms with E-state index in [1.54, 1.807) is 4.90 Å². The monoisotopic (exact) mass is 363 g/mol. The molecule has 0 fully saturated rings. The molecule has 0 N–H and O–H groups in total. The Kier molecular flexibility index (Phi) is 5.45. The fourth-order valence-electron chi connectivity index (χ4n) is 3.63. The second-order valence-electron chi connectivity index (χ2n) is 7.13. The molecule has 1 unspecified atom stereocenters. The first-order valence-corrected chi connectivity index (χ1v) is 9.12. The molecule has 0 saturated carbocycles. The summed E-state index contributed by atoms with van der Waals surface area (Å²) < 4.78 is 5.06. The molecule has 1 aliphatic heterocycles. The SMILES string of the molecule is COC(=O)C1=C(C)N(Cc2ccc(C)cc2)C(=O)CC1c1cccc(C)c1. The molecule has 1 heterocycles. The van der Waals surface area contributed by atoms with Crippen molar-refractivity contribution >= 4 is 11.9 Å². The van der Waals surface area contributed by atoms with E-state index in [2.05, 4.69) is 0 Å². The van der Waals surface area contributed by atoms with Gasteiger partial charge in [0.2, 0.25) is 5.91 Å². The van der Waals surface area contributed by atoms with Crippen LogP contribution < -0.4 is 0 Å². The summed E-state index contributed by atoms with van der Waals surface area (Å²) in [5, 5.41) is 0. The number of carbonyl (C=O) groups is 2. The molecule has 2 aromatic carbocycles. The molecule has 4 heteroatoms. The largest absolute Gasteiger partial charge is 0.466 e. The molecule has 27 heavy (non-hydrogen) atoms. The summed E-state index contributed by atoms with van der Waals surface area (Å²) in [5.74, 6) is -0.633. The number of carbonyl (C=O) groups excluding carboxylic acids is 2. The number of hydrogen-bond acceptors (Lipinski definition) is 3. The Morgan fingerprint density at radius 2 is 1.78 bits per heavy atom. The number of aryl methyl sites for hydroxylation is 2. The first-order chi connectivity index (χ1) is 12.9. The van der Waals surface area contributed by atoms with E-state index < -0.39 is 0 Å². The molecule has 0 radical (unpaired) electrons. The van der Waals surface area contributed by atoms with Crippen molar-refractivity contribution in [2.75, 3.05) is 7.11 Å². The predicted octanol–water partition coefficient (Wildman–Crippen LogP) is 4.27. The predicted molar refractivity (Wildman–Crippen MR) is 105 cm³/mol. The first-order valence-electron chi connectivity index (χ1n) is 9.12. The first kappa shape index (κ1) is 18.9. The van der Waals surface area contributed by atoms with E-state index >= 15 is 0 Å². The van der Waals surface area contributed by atoms with Crippen LogP contribution in [0.15, 0.2) is 59.8 Å². The molecule has 2 aromatic rings. The second-order valence-corrected chi connectivity index (χ2v) is 7.13. The lowest BCUT2D eigenvalue weighted by Gasteiger charge is -2.34. The maximum Gasteiger partial charge on any atom is 0.336 e. The lowest BCUT2D eigenvalue weighted by atomic mass is 9.83. The Morgan fingerprint density at radius 1 is 1.07 bits per heavy atom. The smallest absolute Gasteiger partial charge is 0.336 e. The van der Waals surface area contributed by atoms with Crippen LogP contribution in [-0.4, -0.2) is 23.9 Å². The van der Waals surface area contributed by atoms with Gasteiger partial charge < -0.3 is 9.64 Å². The summed E-state index contributed by atoms with van der Waals surface area (Å²) in [7, 11) is 1.39. The maximum atomic E-state index is 12.9. The van der Waals surface area contributed by atoms with Crippen molar-refractivity contribution in [2.24, 2.45) is 0 Å². The molecule has 0 spiro atoms. The van der Waals surface area contributed by atoms with E-state index in [0.717, 1.165) is 16.7 Å². The second kappa shape index (κ2) is 7.78. The Morgan fingerprint density at radius 3 is 2.41 bits per heavy atom. The maximum absolute atomic E-state index is 12.9. The van der Waals surface area contributed by atoms with Crippen LogP contribution in [0.2, 0.25) is 0 Å². The summed E-state index contributed by atoms with van der Waals surface area (Å²) in [6.07, 6.45) is 0.261. The van der Waals surface area contributed by atoms with Gasteiger partial charge in [-0.05, 0) is 31.9 Å². The van der Waals surface area contributed by atoms with Gasteiger partial charge in [-0.15, -0.1) is 0 Å². The van der Waals surface area contributed by atoms with Gasteiger partial charge >= 0.3 is 5.97 Å². The van der Waals surface area contributed by atoms with E-state index in [-0.39, 0.29) is 24.2 Å². The third-order valence-corrected chi connectivity index (χ3v) is 5.13. The van der Waals surface area contributed by atoms with Gasteiger partial charge in [-0.1, -0.05) is 59.7 Å². The number of ether oxygens (including phenoxy) is 1. The minimum absolute atomic E-state index is 0.0206. The number of benzene rings is 2. The summed E-state index contributed by atoms with van der Waals surface area (Å²) in [6.45, 7) is 6.32. The standard InChI is InChI=1S/C23H25NO3/c1-15-8-10-18(11-9-15)14-24-17(3)22(23(26)27-4)20(13-21(24)25)19-7-5-6-16(2)12-19/h5-12,20H,13-14H2,1-4H3. The number of methoxy groups -OCH3 is 1. The average Bonchev–Trinajstić information content (AvgIpc) is 2.65. The molecule has 140 valence electrons. The number of amides is 1.